The lowest BCUT2D eigenvalue weighted by Crippen LogP contribution is -2.59. The standard InChI is InChI=1S/C44H84O10/c1-3-5-7-9-11-13-14-15-16-17-18-19-20-21-22-23-24-25-27-29-31-33-40(47)53-37(35-51-39(46)32-30-28-26-12-10-8-6-4-2)36-52-44-43(50)42(49)41(48)38(34-45)54-44/h37-38,41-45,48-50H,3-36H2,1-2H3. The summed E-state index contributed by atoms with van der Waals surface area (Å²) in [7, 11) is 0. The molecule has 6 unspecified atom stereocenters. The van der Waals surface area contributed by atoms with Crippen LogP contribution in [0.3, 0.4) is 0 Å². The monoisotopic (exact) mass is 773 g/mol. The molecule has 0 radical (unpaired) electrons. The van der Waals surface area contributed by atoms with Gasteiger partial charge in [0.1, 0.15) is 31.0 Å². The second-order valence-corrected chi connectivity index (χ2v) is 15.9. The van der Waals surface area contributed by atoms with Crippen molar-refractivity contribution >= 4 is 11.9 Å². The van der Waals surface area contributed by atoms with Crippen LogP contribution in [0.15, 0.2) is 0 Å². The first-order chi connectivity index (χ1) is 26.3. The fraction of sp³-hybridized carbons (Fsp3) is 0.955. The molecule has 0 spiro atoms. The molecule has 6 atom stereocenters. The highest BCUT2D eigenvalue weighted by Gasteiger charge is 2.44. The SMILES string of the molecule is CCCCCCCCCCCCCCCCCCCCCCCC(=O)OC(COC(=O)CCCCCCCCCC)COC1OC(CO)C(O)C(O)C1O. The van der Waals surface area contributed by atoms with Crippen LogP contribution in [0.25, 0.3) is 0 Å². The van der Waals surface area contributed by atoms with Crippen molar-refractivity contribution in [2.75, 3.05) is 19.8 Å². The predicted octanol–water partition coefficient (Wildman–Crippen LogP) is 9.39. The normalized spacial score (nSPS) is 20.6. The molecule has 1 aliphatic rings. The van der Waals surface area contributed by atoms with E-state index < -0.39 is 49.4 Å². The number of ether oxygens (including phenoxy) is 4. The molecule has 0 aromatic rings. The van der Waals surface area contributed by atoms with Gasteiger partial charge in [0.2, 0.25) is 0 Å². The summed E-state index contributed by atoms with van der Waals surface area (Å²) in [6, 6.07) is 0. The van der Waals surface area contributed by atoms with E-state index in [1.54, 1.807) is 0 Å². The van der Waals surface area contributed by atoms with Crippen LogP contribution in [0.1, 0.15) is 213 Å². The molecule has 1 saturated heterocycles. The molecule has 1 fully saturated rings. The van der Waals surface area contributed by atoms with Gasteiger partial charge in [-0.2, -0.15) is 0 Å². The average Bonchev–Trinajstić information content (AvgIpc) is 3.17. The third-order valence-corrected chi connectivity index (χ3v) is 10.7. The molecular weight excluding hydrogens is 688 g/mol. The van der Waals surface area contributed by atoms with Gasteiger partial charge in [-0.3, -0.25) is 9.59 Å². The Morgan fingerprint density at radius 3 is 1.26 bits per heavy atom. The van der Waals surface area contributed by atoms with Crippen molar-refractivity contribution in [2.45, 2.75) is 250 Å². The fourth-order valence-electron chi connectivity index (χ4n) is 7.13. The van der Waals surface area contributed by atoms with Crippen molar-refractivity contribution < 1.29 is 49.0 Å². The van der Waals surface area contributed by atoms with Crippen LogP contribution >= 0.6 is 0 Å². The zero-order chi connectivity index (χ0) is 39.5. The highest BCUT2D eigenvalue weighted by Crippen LogP contribution is 2.23. The summed E-state index contributed by atoms with van der Waals surface area (Å²) in [5.74, 6) is -0.798. The van der Waals surface area contributed by atoms with E-state index in [-0.39, 0.29) is 32.0 Å². The minimum Gasteiger partial charge on any atom is -0.462 e. The number of unbranched alkanes of at least 4 members (excludes halogenated alkanes) is 27. The second kappa shape index (κ2) is 36.1. The van der Waals surface area contributed by atoms with Crippen molar-refractivity contribution in [1.82, 2.24) is 0 Å². The summed E-state index contributed by atoms with van der Waals surface area (Å²) in [6.45, 7) is 3.41. The van der Waals surface area contributed by atoms with Gasteiger partial charge in [0.05, 0.1) is 13.2 Å². The molecular formula is C44H84O10. The summed E-state index contributed by atoms with van der Waals surface area (Å²) in [5.41, 5.74) is 0. The van der Waals surface area contributed by atoms with Gasteiger partial charge in [-0.1, -0.05) is 187 Å². The third-order valence-electron chi connectivity index (χ3n) is 10.7. The Balaban J connectivity index is 2.23. The molecule has 0 aliphatic carbocycles. The average molecular weight is 773 g/mol. The Kier molecular flexibility index (Phi) is 33.9. The van der Waals surface area contributed by atoms with Crippen LogP contribution in [0, 0.1) is 0 Å². The van der Waals surface area contributed by atoms with E-state index in [0.717, 1.165) is 38.5 Å². The molecule has 0 aromatic heterocycles. The largest absolute Gasteiger partial charge is 0.462 e. The molecule has 320 valence electrons. The number of carbonyl (C=O) groups is 2. The lowest BCUT2D eigenvalue weighted by Gasteiger charge is -2.39. The summed E-state index contributed by atoms with van der Waals surface area (Å²) in [5, 5.41) is 40.0. The molecule has 1 aliphatic heterocycles. The number of hydrogen-bond acceptors (Lipinski definition) is 10. The van der Waals surface area contributed by atoms with Crippen molar-refractivity contribution in [3.63, 3.8) is 0 Å². The van der Waals surface area contributed by atoms with E-state index >= 15 is 0 Å². The molecule has 10 nitrogen and oxygen atoms in total. The van der Waals surface area contributed by atoms with E-state index in [1.165, 1.54) is 141 Å². The lowest BCUT2D eigenvalue weighted by atomic mass is 9.99. The lowest BCUT2D eigenvalue weighted by molar-refractivity contribution is -0.305. The molecule has 0 bridgehead atoms. The topological polar surface area (TPSA) is 152 Å². The van der Waals surface area contributed by atoms with E-state index in [9.17, 15) is 30.0 Å². The second-order valence-electron chi connectivity index (χ2n) is 15.9. The van der Waals surface area contributed by atoms with Crippen LogP contribution in [0.4, 0.5) is 0 Å². The van der Waals surface area contributed by atoms with Gasteiger partial charge in [0.25, 0.3) is 0 Å². The van der Waals surface area contributed by atoms with Crippen LogP contribution < -0.4 is 0 Å². The Hall–Kier alpha value is -1.30. The molecule has 0 amide bonds. The number of aliphatic hydroxyl groups excluding tert-OH is 4. The number of carbonyl (C=O) groups excluding carboxylic acids is 2. The van der Waals surface area contributed by atoms with Crippen LogP contribution in [0.5, 0.6) is 0 Å². The minimum atomic E-state index is -1.59. The van der Waals surface area contributed by atoms with E-state index in [2.05, 4.69) is 13.8 Å². The predicted molar refractivity (Wildman–Crippen MR) is 215 cm³/mol. The summed E-state index contributed by atoms with van der Waals surface area (Å²) in [6.07, 6.45) is 28.5. The van der Waals surface area contributed by atoms with E-state index in [4.69, 9.17) is 18.9 Å². The Labute approximate surface area is 329 Å². The third kappa shape index (κ3) is 27.3. The minimum absolute atomic E-state index is 0.210. The van der Waals surface area contributed by atoms with Gasteiger partial charge < -0.3 is 39.4 Å². The smallest absolute Gasteiger partial charge is 0.306 e. The van der Waals surface area contributed by atoms with Crippen molar-refractivity contribution in [1.29, 1.82) is 0 Å². The first-order valence-electron chi connectivity index (χ1n) is 22.6. The van der Waals surface area contributed by atoms with E-state index in [1.807, 2.05) is 0 Å². The number of rotatable bonds is 38. The molecule has 0 aromatic carbocycles. The summed E-state index contributed by atoms with van der Waals surface area (Å²) in [4.78, 5) is 25.2. The molecule has 54 heavy (non-hydrogen) atoms. The van der Waals surface area contributed by atoms with Crippen LogP contribution in [0.2, 0.25) is 0 Å². The van der Waals surface area contributed by atoms with Gasteiger partial charge in [-0.25, -0.2) is 0 Å². The zero-order valence-electron chi connectivity index (χ0n) is 34.7. The summed E-state index contributed by atoms with van der Waals surface area (Å²) < 4.78 is 22.1. The van der Waals surface area contributed by atoms with Crippen molar-refractivity contribution in [3.8, 4) is 0 Å². The van der Waals surface area contributed by atoms with Crippen LogP contribution in [-0.4, -0.2) is 89.0 Å². The molecule has 0 saturated carbocycles. The molecule has 1 heterocycles. The summed E-state index contributed by atoms with van der Waals surface area (Å²) >= 11 is 0. The highest BCUT2D eigenvalue weighted by atomic mass is 16.7. The van der Waals surface area contributed by atoms with Crippen molar-refractivity contribution in [3.05, 3.63) is 0 Å². The van der Waals surface area contributed by atoms with E-state index in [0.29, 0.717) is 6.42 Å². The number of aliphatic hydroxyl groups is 4. The maximum atomic E-state index is 12.7. The molecule has 4 N–H and O–H groups in total. The Bertz CT molecular complexity index is 855. The molecule has 1 rings (SSSR count). The van der Waals surface area contributed by atoms with Gasteiger partial charge in [0, 0.05) is 12.8 Å². The maximum absolute atomic E-state index is 12.7. The van der Waals surface area contributed by atoms with Gasteiger partial charge in [0.15, 0.2) is 12.4 Å². The first kappa shape index (κ1) is 50.7. The fourth-order valence-corrected chi connectivity index (χ4v) is 7.13. The van der Waals surface area contributed by atoms with Crippen LogP contribution in [-0.2, 0) is 28.5 Å². The van der Waals surface area contributed by atoms with Gasteiger partial charge >= 0.3 is 11.9 Å². The first-order valence-corrected chi connectivity index (χ1v) is 22.6. The quantitative estimate of drug-likeness (QED) is 0.0353. The van der Waals surface area contributed by atoms with Crippen molar-refractivity contribution in [2.24, 2.45) is 0 Å². The highest BCUT2D eigenvalue weighted by molar-refractivity contribution is 5.70. The number of hydrogen-bond donors (Lipinski definition) is 4. The molecule has 10 heteroatoms. The Morgan fingerprint density at radius 2 is 0.870 bits per heavy atom. The van der Waals surface area contributed by atoms with Gasteiger partial charge in [-0.15, -0.1) is 0 Å². The van der Waals surface area contributed by atoms with Gasteiger partial charge in [-0.05, 0) is 12.8 Å². The number of esters is 2. The Morgan fingerprint density at radius 1 is 0.500 bits per heavy atom. The zero-order valence-corrected chi connectivity index (χ0v) is 34.7. The maximum Gasteiger partial charge on any atom is 0.306 e.